The number of carbonyl (C=O) groups is 1. The number of aliphatic imine (C=N–C) groups is 1. The molecule has 0 radical (unpaired) electrons. The van der Waals surface area contributed by atoms with E-state index in [-0.39, 0.29) is 36.4 Å². The smallest absolute Gasteiger partial charge is 0.243 e. The van der Waals surface area contributed by atoms with Crippen LogP contribution in [-0.2, 0) is 9.53 Å². The van der Waals surface area contributed by atoms with Crippen LogP contribution in [-0.4, -0.2) is 99.7 Å². The Balaban J connectivity index is 0.00000625. The molecule has 0 saturated carbocycles. The Bertz CT molecular complexity index is 420. The van der Waals surface area contributed by atoms with Crippen LogP contribution in [0.4, 0.5) is 0 Å². The van der Waals surface area contributed by atoms with E-state index in [1.807, 2.05) is 6.92 Å². The monoisotopic (exact) mass is 483 g/mol. The molecule has 7 nitrogen and oxygen atoms in total. The van der Waals surface area contributed by atoms with Crippen LogP contribution in [0.1, 0.15) is 33.1 Å². The summed E-state index contributed by atoms with van der Waals surface area (Å²) in [5.41, 5.74) is 0. The van der Waals surface area contributed by atoms with E-state index in [1.165, 1.54) is 19.4 Å². The van der Waals surface area contributed by atoms with E-state index in [0.717, 1.165) is 45.2 Å². The average molecular weight is 483 g/mol. The Hall–Kier alpha value is -0.610. The lowest BCUT2D eigenvalue weighted by Gasteiger charge is -2.30. The summed E-state index contributed by atoms with van der Waals surface area (Å²) in [4.78, 5) is 22.7. The molecule has 1 fully saturated rings. The first-order valence-corrected chi connectivity index (χ1v) is 9.50. The van der Waals surface area contributed by atoms with Gasteiger partial charge in [-0.25, -0.2) is 4.99 Å². The highest BCUT2D eigenvalue weighted by molar-refractivity contribution is 14.0. The molecular weight excluding hydrogens is 445 g/mol. The number of nitrogens with one attached hydrogen (secondary N) is 1. The predicted octanol–water partition coefficient (Wildman–Crippen LogP) is 1.48. The number of halogens is 1. The van der Waals surface area contributed by atoms with Gasteiger partial charge in [-0.3, -0.25) is 9.69 Å². The third-order valence-corrected chi connectivity index (χ3v) is 4.57. The van der Waals surface area contributed by atoms with Crippen molar-refractivity contribution in [2.45, 2.75) is 39.2 Å². The van der Waals surface area contributed by atoms with Crippen LogP contribution in [0.2, 0.25) is 0 Å². The third-order valence-electron chi connectivity index (χ3n) is 4.57. The van der Waals surface area contributed by atoms with Crippen LogP contribution in [0, 0.1) is 0 Å². The quantitative estimate of drug-likeness (QED) is 0.221. The molecule has 0 aromatic carbocycles. The van der Waals surface area contributed by atoms with Crippen LogP contribution in [0.25, 0.3) is 0 Å². The number of likely N-dealkylation sites (tertiary alicyclic amines) is 1. The fourth-order valence-corrected chi connectivity index (χ4v) is 3.04. The summed E-state index contributed by atoms with van der Waals surface area (Å²) in [6.07, 6.45) is 3.42. The first-order valence-electron chi connectivity index (χ1n) is 9.50. The van der Waals surface area contributed by atoms with Crippen molar-refractivity contribution in [2.75, 3.05) is 67.1 Å². The Morgan fingerprint density at radius 1 is 1.31 bits per heavy atom. The number of carbonyl (C=O) groups excluding carboxylic acids is 1. The zero-order chi connectivity index (χ0) is 18.7. The Kier molecular flexibility index (Phi) is 14.1. The summed E-state index contributed by atoms with van der Waals surface area (Å²) < 4.78 is 5.38. The van der Waals surface area contributed by atoms with Gasteiger partial charge in [-0.05, 0) is 39.3 Å². The lowest BCUT2D eigenvalue weighted by molar-refractivity contribution is -0.127. The van der Waals surface area contributed by atoms with Crippen molar-refractivity contribution in [1.82, 2.24) is 20.0 Å². The fraction of sp³-hybridized carbons (Fsp3) is 0.889. The van der Waals surface area contributed by atoms with E-state index in [4.69, 9.17) is 4.74 Å². The van der Waals surface area contributed by atoms with Crippen molar-refractivity contribution in [2.24, 2.45) is 4.99 Å². The number of guanidine groups is 1. The van der Waals surface area contributed by atoms with Gasteiger partial charge in [0.05, 0.1) is 0 Å². The summed E-state index contributed by atoms with van der Waals surface area (Å²) in [6, 6.07) is 0.565. The molecule has 1 N–H and O–H groups in total. The SMILES string of the molecule is CCOCCCNC(=NCC(=O)N(C)C)N(C)CC1CCCN1CC.I. The molecule has 8 heteroatoms. The molecule has 1 heterocycles. The second-order valence-electron chi connectivity index (χ2n) is 6.71. The molecule has 1 atom stereocenters. The van der Waals surface area contributed by atoms with Gasteiger partial charge in [-0.1, -0.05) is 6.92 Å². The summed E-state index contributed by atoms with van der Waals surface area (Å²) >= 11 is 0. The molecule has 0 bridgehead atoms. The van der Waals surface area contributed by atoms with E-state index in [9.17, 15) is 4.79 Å². The zero-order valence-electron chi connectivity index (χ0n) is 17.2. The highest BCUT2D eigenvalue weighted by Gasteiger charge is 2.25. The minimum absolute atomic E-state index is 0. The molecule has 0 spiro atoms. The van der Waals surface area contributed by atoms with Crippen molar-refractivity contribution < 1.29 is 9.53 Å². The molecule has 26 heavy (non-hydrogen) atoms. The number of nitrogens with zero attached hydrogens (tertiary/aromatic N) is 4. The lowest BCUT2D eigenvalue weighted by atomic mass is 10.2. The molecule has 0 aliphatic carbocycles. The Morgan fingerprint density at radius 3 is 2.65 bits per heavy atom. The van der Waals surface area contributed by atoms with Crippen LogP contribution >= 0.6 is 24.0 Å². The predicted molar refractivity (Wildman–Crippen MR) is 118 cm³/mol. The van der Waals surface area contributed by atoms with Crippen LogP contribution in [0.5, 0.6) is 0 Å². The summed E-state index contributed by atoms with van der Waals surface area (Å²) in [5, 5.41) is 3.39. The van der Waals surface area contributed by atoms with E-state index in [0.29, 0.717) is 6.04 Å². The fourth-order valence-electron chi connectivity index (χ4n) is 3.04. The number of likely N-dealkylation sites (N-methyl/N-ethyl adjacent to an activating group) is 3. The second kappa shape index (κ2) is 14.4. The third kappa shape index (κ3) is 9.36. The molecule has 1 aliphatic heterocycles. The number of amides is 1. The van der Waals surface area contributed by atoms with Crippen molar-refractivity contribution in [3.05, 3.63) is 0 Å². The van der Waals surface area contributed by atoms with E-state index >= 15 is 0 Å². The molecule has 0 aromatic heterocycles. The first kappa shape index (κ1) is 25.4. The van der Waals surface area contributed by atoms with Gasteiger partial charge in [0.15, 0.2) is 5.96 Å². The average Bonchev–Trinajstić information content (AvgIpc) is 3.03. The molecule has 1 unspecified atom stereocenters. The maximum Gasteiger partial charge on any atom is 0.243 e. The minimum atomic E-state index is 0. The zero-order valence-corrected chi connectivity index (χ0v) is 19.5. The summed E-state index contributed by atoms with van der Waals surface area (Å²) in [5.74, 6) is 0.813. The highest BCUT2D eigenvalue weighted by Crippen LogP contribution is 2.17. The second-order valence-corrected chi connectivity index (χ2v) is 6.71. The van der Waals surface area contributed by atoms with Crippen LogP contribution in [0.3, 0.4) is 0 Å². The molecule has 1 aliphatic rings. The summed E-state index contributed by atoms with van der Waals surface area (Å²) in [6.45, 7) is 9.87. The van der Waals surface area contributed by atoms with Gasteiger partial charge in [0.25, 0.3) is 0 Å². The Labute approximate surface area is 176 Å². The minimum Gasteiger partial charge on any atom is -0.382 e. The lowest BCUT2D eigenvalue weighted by Crippen LogP contribution is -2.46. The Morgan fingerprint density at radius 2 is 2.04 bits per heavy atom. The molecule has 1 amide bonds. The van der Waals surface area contributed by atoms with Gasteiger partial charge in [-0.2, -0.15) is 0 Å². The normalized spacial score (nSPS) is 17.7. The van der Waals surface area contributed by atoms with Gasteiger partial charge in [-0.15, -0.1) is 24.0 Å². The summed E-state index contributed by atoms with van der Waals surface area (Å²) in [7, 11) is 5.57. The van der Waals surface area contributed by atoms with Gasteiger partial charge in [0.2, 0.25) is 5.91 Å². The van der Waals surface area contributed by atoms with Crippen molar-refractivity contribution in [3.63, 3.8) is 0 Å². The number of rotatable bonds is 10. The van der Waals surface area contributed by atoms with E-state index in [2.05, 4.69) is 34.1 Å². The van der Waals surface area contributed by atoms with Crippen molar-refractivity contribution >= 4 is 35.8 Å². The maximum absolute atomic E-state index is 11.9. The largest absolute Gasteiger partial charge is 0.382 e. The molecule has 154 valence electrons. The maximum atomic E-state index is 11.9. The molecule has 1 rings (SSSR count). The van der Waals surface area contributed by atoms with E-state index in [1.54, 1.807) is 19.0 Å². The van der Waals surface area contributed by atoms with E-state index < -0.39 is 0 Å². The highest BCUT2D eigenvalue weighted by atomic mass is 127. The molecule has 0 aromatic rings. The number of ether oxygens (including phenoxy) is 1. The standard InChI is InChI=1S/C18H37N5O2.HI/c1-6-23-12-8-10-16(23)15-22(5)18(19-11-9-13-25-7-2)20-14-17(24)21(3)4;/h16H,6-15H2,1-5H3,(H,19,20);1H. The van der Waals surface area contributed by atoms with Crippen molar-refractivity contribution in [1.29, 1.82) is 0 Å². The van der Waals surface area contributed by atoms with Crippen LogP contribution < -0.4 is 5.32 Å². The number of hydrogen-bond acceptors (Lipinski definition) is 4. The first-order chi connectivity index (χ1) is 12.0. The van der Waals surface area contributed by atoms with Gasteiger partial charge >= 0.3 is 0 Å². The number of hydrogen-bond donors (Lipinski definition) is 1. The molecular formula is C18H38IN5O2. The van der Waals surface area contributed by atoms with Gasteiger partial charge < -0.3 is 19.9 Å². The van der Waals surface area contributed by atoms with Crippen LogP contribution in [0.15, 0.2) is 4.99 Å². The topological polar surface area (TPSA) is 60.4 Å². The molecule has 1 saturated heterocycles. The van der Waals surface area contributed by atoms with Gasteiger partial charge in [0.1, 0.15) is 6.54 Å². The van der Waals surface area contributed by atoms with Gasteiger partial charge in [0, 0.05) is 53.5 Å². The van der Waals surface area contributed by atoms with Crippen molar-refractivity contribution in [3.8, 4) is 0 Å².